The second-order valence-electron chi connectivity index (χ2n) is 4.97. The van der Waals surface area contributed by atoms with Crippen LogP contribution in [0.15, 0.2) is 0 Å². The number of phenolic OH excluding ortho intramolecular Hbond substituents is 1. The highest BCUT2D eigenvalue weighted by Crippen LogP contribution is 2.31. The molecule has 0 bridgehead atoms. The molecule has 0 radical (unpaired) electrons. The van der Waals surface area contributed by atoms with E-state index in [1.807, 2.05) is 46.7 Å². The van der Waals surface area contributed by atoms with Gasteiger partial charge in [-0.05, 0) is 64.0 Å². The minimum atomic E-state index is -0.232. The van der Waals surface area contributed by atoms with E-state index in [-0.39, 0.29) is 11.7 Å². The predicted molar refractivity (Wildman–Crippen MR) is 73.1 cm³/mol. The van der Waals surface area contributed by atoms with Crippen molar-refractivity contribution in [1.82, 2.24) is 10.2 Å². The summed E-state index contributed by atoms with van der Waals surface area (Å²) in [6.07, 6.45) is 0. The number of nitrogens with zero attached hydrogens (tertiary/aromatic N) is 1. The van der Waals surface area contributed by atoms with Crippen molar-refractivity contribution in [3.8, 4) is 5.75 Å². The predicted octanol–water partition coefficient (Wildman–Crippen LogP) is 1.87. The van der Waals surface area contributed by atoms with Crippen LogP contribution in [-0.2, 0) is 0 Å². The number of rotatable bonds is 3. The van der Waals surface area contributed by atoms with Crippen LogP contribution in [0.2, 0.25) is 0 Å². The van der Waals surface area contributed by atoms with Crippen molar-refractivity contribution in [3.05, 3.63) is 27.8 Å². The second kappa shape index (κ2) is 5.40. The Kier molecular flexibility index (Phi) is 4.35. The summed E-state index contributed by atoms with van der Waals surface area (Å²) < 4.78 is 0. The van der Waals surface area contributed by atoms with Gasteiger partial charge >= 0.3 is 0 Å². The van der Waals surface area contributed by atoms with Gasteiger partial charge in [0.05, 0.1) is 12.2 Å². The molecule has 0 heterocycles. The largest absolute Gasteiger partial charge is 0.507 e. The smallest absolute Gasteiger partial charge is 0.256 e. The maximum Gasteiger partial charge on any atom is 0.256 e. The summed E-state index contributed by atoms with van der Waals surface area (Å²) in [5, 5.41) is 12.9. The molecule has 4 nitrogen and oxygen atoms in total. The van der Waals surface area contributed by atoms with E-state index in [0.29, 0.717) is 12.2 Å². The number of amides is 1. The third kappa shape index (κ3) is 2.64. The van der Waals surface area contributed by atoms with Gasteiger partial charge in [0.1, 0.15) is 5.75 Å². The van der Waals surface area contributed by atoms with Gasteiger partial charge in [-0.2, -0.15) is 0 Å². The van der Waals surface area contributed by atoms with Gasteiger partial charge in [0, 0.05) is 0 Å². The highest BCUT2D eigenvalue weighted by atomic mass is 16.3. The van der Waals surface area contributed by atoms with E-state index in [1.54, 1.807) is 0 Å². The van der Waals surface area contributed by atoms with Crippen LogP contribution in [0.5, 0.6) is 5.75 Å². The van der Waals surface area contributed by atoms with Crippen molar-refractivity contribution in [3.63, 3.8) is 0 Å². The third-order valence-electron chi connectivity index (χ3n) is 3.44. The molecule has 0 aromatic heterocycles. The summed E-state index contributed by atoms with van der Waals surface area (Å²) in [5.74, 6) is -0.142. The Bertz CT molecular complexity index is 450. The minimum absolute atomic E-state index is 0.0897. The molecule has 2 N–H and O–H groups in total. The molecule has 0 atom stereocenters. The lowest BCUT2D eigenvalue weighted by atomic mass is 9.93. The van der Waals surface area contributed by atoms with Crippen LogP contribution in [-0.4, -0.2) is 36.7 Å². The molecule has 100 valence electrons. The summed E-state index contributed by atoms with van der Waals surface area (Å²) in [7, 11) is 3.75. The number of carbonyl (C=O) groups excluding carboxylic acids is 1. The van der Waals surface area contributed by atoms with E-state index in [9.17, 15) is 9.90 Å². The summed E-state index contributed by atoms with van der Waals surface area (Å²) in [5.41, 5.74) is 4.09. The lowest BCUT2D eigenvalue weighted by molar-refractivity contribution is 0.0932. The highest BCUT2D eigenvalue weighted by molar-refractivity contribution is 5.99. The van der Waals surface area contributed by atoms with Crippen molar-refractivity contribution >= 4 is 5.91 Å². The lowest BCUT2D eigenvalue weighted by Crippen LogP contribution is -2.33. The van der Waals surface area contributed by atoms with Crippen molar-refractivity contribution in [2.75, 3.05) is 20.8 Å². The van der Waals surface area contributed by atoms with E-state index < -0.39 is 0 Å². The average molecular weight is 250 g/mol. The lowest BCUT2D eigenvalue weighted by Gasteiger charge is -2.18. The zero-order valence-electron chi connectivity index (χ0n) is 12.0. The molecule has 0 aliphatic rings. The number of carbonyl (C=O) groups is 1. The third-order valence-corrected chi connectivity index (χ3v) is 3.44. The van der Waals surface area contributed by atoms with Gasteiger partial charge in [0.25, 0.3) is 5.91 Å². The standard InChI is InChI=1S/C14H22N2O2/c1-8-9(2)11(4)13(17)12(10(8)3)14(18)15-7-16(5)6/h17H,7H2,1-6H3,(H,15,18). The van der Waals surface area contributed by atoms with Gasteiger partial charge in [-0.25, -0.2) is 0 Å². The molecule has 1 aromatic rings. The molecule has 1 aromatic carbocycles. The quantitative estimate of drug-likeness (QED) is 0.805. The molecule has 1 rings (SSSR count). The molecule has 0 aliphatic carbocycles. The van der Waals surface area contributed by atoms with Crippen molar-refractivity contribution in [2.24, 2.45) is 0 Å². The van der Waals surface area contributed by atoms with Gasteiger partial charge in [0.2, 0.25) is 0 Å². The summed E-state index contributed by atoms with van der Waals surface area (Å²) in [6, 6.07) is 0. The first-order valence-corrected chi connectivity index (χ1v) is 5.99. The molecule has 0 aliphatic heterocycles. The van der Waals surface area contributed by atoms with Gasteiger partial charge in [-0.3, -0.25) is 9.69 Å². The Balaban J connectivity index is 3.21. The summed E-state index contributed by atoms with van der Waals surface area (Å²) in [6.45, 7) is 8.08. The Morgan fingerprint density at radius 1 is 1.06 bits per heavy atom. The number of benzene rings is 1. The molecular formula is C14H22N2O2. The molecule has 18 heavy (non-hydrogen) atoms. The molecule has 4 heteroatoms. The first-order valence-electron chi connectivity index (χ1n) is 5.99. The maximum absolute atomic E-state index is 12.1. The zero-order valence-corrected chi connectivity index (χ0v) is 12.0. The van der Waals surface area contributed by atoms with Crippen LogP contribution in [0.1, 0.15) is 32.6 Å². The molecule has 0 saturated carbocycles. The molecule has 0 fully saturated rings. The maximum atomic E-state index is 12.1. The van der Waals surface area contributed by atoms with E-state index in [4.69, 9.17) is 0 Å². The molecule has 0 spiro atoms. The van der Waals surface area contributed by atoms with E-state index >= 15 is 0 Å². The van der Waals surface area contributed by atoms with Gasteiger partial charge in [0.15, 0.2) is 0 Å². The Morgan fingerprint density at radius 3 is 2.06 bits per heavy atom. The van der Waals surface area contributed by atoms with Crippen LogP contribution in [0.4, 0.5) is 0 Å². The van der Waals surface area contributed by atoms with Crippen LogP contribution in [0.3, 0.4) is 0 Å². The van der Waals surface area contributed by atoms with Crippen molar-refractivity contribution in [1.29, 1.82) is 0 Å². The number of phenols is 1. The summed E-state index contributed by atoms with van der Waals surface area (Å²) >= 11 is 0. The first kappa shape index (κ1) is 14.5. The topological polar surface area (TPSA) is 52.6 Å². The van der Waals surface area contributed by atoms with Crippen molar-refractivity contribution in [2.45, 2.75) is 27.7 Å². The number of aromatic hydroxyl groups is 1. The molecule has 0 saturated heterocycles. The molecule has 0 unspecified atom stereocenters. The van der Waals surface area contributed by atoms with E-state index in [1.165, 1.54) is 0 Å². The number of hydrogen-bond donors (Lipinski definition) is 2. The minimum Gasteiger partial charge on any atom is -0.507 e. The van der Waals surface area contributed by atoms with Gasteiger partial charge < -0.3 is 10.4 Å². The summed E-state index contributed by atoms with van der Waals surface area (Å²) in [4.78, 5) is 14.0. The Morgan fingerprint density at radius 2 is 1.56 bits per heavy atom. The van der Waals surface area contributed by atoms with Gasteiger partial charge in [-0.15, -0.1) is 0 Å². The molecular weight excluding hydrogens is 228 g/mol. The normalized spacial score (nSPS) is 10.8. The second-order valence-corrected chi connectivity index (χ2v) is 4.97. The number of nitrogens with one attached hydrogen (secondary N) is 1. The van der Waals surface area contributed by atoms with Crippen LogP contribution >= 0.6 is 0 Å². The average Bonchev–Trinajstić information content (AvgIpc) is 2.31. The van der Waals surface area contributed by atoms with E-state index in [2.05, 4.69) is 5.32 Å². The Labute approximate surface area is 109 Å². The van der Waals surface area contributed by atoms with Crippen LogP contribution in [0.25, 0.3) is 0 Å². The van der Waals surface area contributed by atoms with Crippen LogP contribution < -0.4 is 5.32 Å². The Hall–Kier alpha value is -1.55. The monoisotopic (exact) mass is 250 g/mol. The zero-order chi connectivity index (χ0) is 14.0. The van der Waals surface area contributed by atoms with Gasteiger partial charge in [-0.1, -0.05) is 0 Å². The van der Waals surface area contributed by atoms with E-state index in [0.717, 1.165) is 22.3 Å². The SMILES string of the molecule is Cc1c(C)c(C)c(C(=O)NCN(C)C)c(O)c1C. The van der Waals surface area contributed by atoms with Crippen LogP contribution in [0, 0.1) is 27.7 Å². The highest BCUT2D eigenvalue weighted by Gasteiger charge is 2.19. The fourth-order valence-corrected chi connectivity index (χ4v) is 1.89. The number of hydrogen-bond acceptors (Lipinski definition) is 3. The fourth-order valence-electron chi connectivity index (χ4n) is 1.89. The first-order chi connectivity index (χ1) is 8.27. The van der Waals surface area contributed by atoms with Crippen molar-refractivity contribution < 1.29 is 9.90 Å². The fraction of sp³-hybridized carbons (Fsp3) is 0.500. The molecule has 1 amide bonds.